The summed E-state index contributed by atoms with van der Waals surface area (Å²) in [4.78, 5) is 0. The summed E-state index contributed by atoms with van der Waals surface area (Å²) in [6, 6.07) is 17.2. The zero-order valence-corrected chi connectivity index (χ0v) is 11.7. The Balaban J connectivity index is 2.09. The van der Waals surface area contributed by atoms with Crippen LogP contribution < -0.4 is 11.3 Å². The quantitative estimate of drug-likeness (QED) is 0.633. The maximum Gasteiger partial charge on any atom is 0.0465 e. The van der Waals surface area contributed by atoms with Crippen molar-refractivity contribution in [2.45, 2.75) is 32.7 Å². The number of nitrogens with two attached hydrogens (primary N) is 1. The van der Waals surface area contributed by atoms with Crippen LogP contribution in [0.5, 0.6) is 0 Å². The highest BCUT2D eigenvalue weighted by molar-refractivity contribution is 5.30. The van der Waals surface area contributed by atoms with Crippen molar-refractivity contribution in [2.75, 3.05) is 0 Å². The molecule has 0 aliphatic heterocycles. The monoisotopic (exact) mass is 254 g/mol. The van der Waals surface area contributed by atoms with Gasteiger partial charge in [-0.3, -0.25) is 11.3 Å². The van der Waals surface area contributed by atoms with Gasteiger partial charge in [0.25, 0.3) is 0 Å². The molecule has 0 aliphatic rings. The van der Waals surface area contributed by atoms with Gasteiger partial charge in [0.05, 0.1) is 0 Å². The first-order valence-corrected chi connectivity index (χ1v) is 6.78. The van der Waals surface area contributed by atoms with E-state index in [-0.39, 0.29) is 6.04 Å². The molecule has 1 atom stereocenters. The number of hydrogen-bond donors (Lipinski definition) is 2. The number of benzene rings is 2. The second-order valence-electron chi connectivity index (χ2n) is 5.04. The average Bonchev–Trinajstić information content (AvgIpc) is 2.43. The Bertz CT molecular complexity index is 534. The molecule has 0 spiro atoms. The maximum atomic E-state index is 5.73. The number of aryl methyl sites for hydroxylation is 3. The zero-order chi connectivity index (χ0) is 13.7. The van der Waals surface area contributed by atoms with Crippen molar-refractivity contribution in [2.24, 2.45) is 5.84 Å². The Hall–Kier alpha value is -1.64. The maximum absolute atomic E-state index is 5.73. The first kappa shape index (κ1) is 13.8. The van der Waals surface area contributed by atoms with Crippen LogP contribution in [0, 0.1) is 13.8 Å². The highest BCUT2D eigenvalue weighted by Crippen LogP contribution is 2.22. The molecule has 0 aliphatic carbocycles. The zero-order valence-electron chi connectivity index (χ0n) is 11.7. The minimum absolute atomic E-state index is 0.209. The lowest BCUT2D eigenvalue weighted by Crippen LogP contribution is -2.29. The number of nitrogens with one attached hydrogen (secondary N) is 1. The van der Waals surface area contributed by atoms with E-state index in [1.54, 1.807) is 0 Å². The van der Waals surface area contributed by atoms with Crippen molar-refractivity contribution in [3.05, 3.63) is 70.8 Å². The highest BCUT2D eigenvalue weighted by atomic mass is 15.2. The van der Waals surface area contributed by atoms with Crippen LogP contribution in [-0.2, 0) is 6.42 Å². The fourth-order valence-electron chi connectivity index (χ4n) is 2.50. The lowest BCUT2D eigenvalue weighted by atomic mass is 9.95. The average molecular weight is 254 g/mol. The molecule has 0 saturated heterocycles. The van der Waals surface area contributed by atoms with Gasteiger partial charge in [-0.1, -0.05) is 48.5 Å². The molecule has 3 N–H and O–H groups in total. The second kappa shape index (κ2) is 6.50. The van der Waals surface area contributed by atoms with Crippen LogP contribution in [0.2, 0.25) is 0 Å². The van der Waals surface area contributed by atoms with E-state index in [4.69, 9.17) is 5.84 Å². The lowest BCUT2D eigenvalue weighted by Gasteiger charge is -2.19. The van der Waals surface area contributed by atoms with Crippen molar-refractivity contribution in [3.8, 4) is 0 Å². The van der Waals surface area contributed by atoms with Gasteiger partial charge in [-0.25, -0.2) is 0 Å². The molecule has 19 heavy (non-hydrogen) atoms. The molecular weight excluding hydrogens is 232 g/mol. The Labute approximate surface area is 115 Å². The van der Waals surface area contributed by atoms with E-state index in [9.17, 15) is 0 Å². The highest BCUT2D eigenvalue weighted by Gasteiger charge is 2.12. The Morgan fingerprint density at radius 3 is 2.21 bits per heavy atom. The van der Waals surface area contributed by atoms with Crippen LogP contribution in [0.3, 0.4) is 0 Å². The predicted octanol–water partition coefficient (Wildman–Crippen LogP) is 3.44. The summed E-state index contributed by atoms with van der Waals surface area (Å²) in [6.07, 6.45) is 2.04. The third-order valence-corrected chi connectivity index (χ3v) is 3.73. The van der Waals surface area contributed by atoms with E-state index in [1.165, 1.54) is 22.3 Å². The molecule has 1 unspecified atom stereocenters. The minimum atomic E-state index is 0.209. The van der Waals surface area contributed by atoms with E-state index in [2.05, 4.69) is 67.8 Å². The summed E-state index contributed by atoms with van der Waals surface area (Å²) < 4.78 is 0. The van der Waals surface area contributed by atoms with E-state index >= 15 is 0 Å². The van der Waals surface area contributed by atoms with Gasteiger partial charge in [-0.2, -0.15) is 0 Å². The molecule has 100 valence electrons. The van der Waals surface area contributed by atoms with E-state index in [0.717, 1.165) is 12.8 Å². The normalized spacial score (nSPS) is 12.4. The minimum Gasteiger partial charge on any atom is -0.271 e. The molecule has 0 saturated carbocycles. The van der Waals surface area contributed by atoms with Gasteiger partial charge in [0, 0.05) is 6.04 Å². The first-order valence-electron chi connectivity index (χ1n) is 6.78. The Kier molecular flexibility index (Phi) is 4.72. The van der Waals surface area contributed by atoms with Crippen LogP contribution in [0.15, 0.2) is 48.5 Å². The third-order valence-electron chi connectivity index (χ3n) is 3.73. The number of hydrazine groups is 1. The molecule has 2 heteroatoms. The van der Waals surface area contributed by atoms with Gasteiger partial charge in [0.2, 0.25) is 0 Å². The van der Waals surface area contributed by atoms with E-state index in [0.29, 0.717) is 0 Å². The van der Waals surface area contributed by atoms with Crippen LogP contribution >= 0.6 is 0 Å². The van der Waals surface area contributed by atoms with Gasteiger partial charge in [0.1, 0.15) is 0 Å². The first-order chi connectivity index (χ1) is 9.22. The van der Waals surface area contributed by atoms with Gasteiger partial charge in [-0.05, 0) is 48.9 Å². The fourth-order valence-corrected chi connectivity index (χ4v) is 2.50. The Morgan fingerprint density at radius 2 is 1.58 bits per heavy atom. The van der Waals surface area contributed by atoms with Crippen LogP contribution in [0.4, 0.5) is 0 Å². The molecule has 0 aromatic heterocycles. The summed E-state index contributed by atoms with van der Waals surface area (Å²) >= 11 is 0. The molecule has 0 fully saturated rings. The SMILES string of the molecule is Cc1ccccc1CCC(NN)c1ccccc1C. The molecule has 2 rings (SSSR count). The summed E-state index contributed by atoms with van der Waals surface area (Å²) in [6.45, 7) is 4.29. The molecule has 2 aromatic rings. The van der Waals surface area contributed by atoms with Gasteiger partial charge in [0.15, 0.2) is 0 Å². The van der Waals surface area contributed by atoms with Crippen molar-refractivity contribution in [1.82, 2.24) is 5.43 Å². The van der Waals surface area contributed by atoms with Crippen molar-refractivity contribution >= 4 is 0 Å². The standard InChI is InChI=1S/C17H22N2/c1-13-7-3-5-9-15(13)11-12-17(19-18)16-10-6-4-8-14(16)2/h3-10,17,19H,11-12,18H2,1-2H3. The van der Waals surface area contributed by atoms with Crippen molar-refractivity contribution < 1.29 is 0 Å². The van der Waals surface area contributed by atoms with Crippen LogP contribution in [0.1, 0.15) is 34.7 Å². The van der Waals surface area contributed by atoms with Crippen molar-refractivity contribution in [1.29, 1.82) is 0 Å². The summed E-state index contributed by atoms with van der Waals surface area (Å²) in [7, 11) is 0. The van der Waals surface area contributed by atoms with Crippen LogP contribution in [-0.4, -0.2) is 0 Å². The molecule has 2 nitrogen and oxygen atoms in total. The molecule has 0 radical (unpaired) electrons. The molecular formula is C17H22N2. The van der Waals surface area contributed by atoms with Gasteiger partial charge >= 0.3 is 0 Å². The predicted molar refractivity (Wildman–Crippen MR) is 80.7 cm³/mol. The fraction of sp³-hybridized carbons (Fsp3) is 0.294. The largest absolute Gasteiger partial charge is 0.271 e. The lowest BCUT2D eigenvalue weighted by molar-refractivity contribution is 0.514. The summed E-state index contributed by atoms with van der Waals surface area (Å²) in [5.41, 5.74) is 8.28. The smallest absolute Gasteiger partial charge is 0.0465 e. The number of rotatable bonds is 5. The second-order valence-corrected chi connectivity index (χ2v) is 5.04. The molecule has 0 amide bonds. The van der Waals surface area contributed by atoms with Gasteiger partial charge in [-0.15, -0.1) is 0 Å². The van der Waals surface area contributed by atoms with Gasteiger partial charge < -0.3 is 0 Å². The third kappa shape index (κ3) is 3.43. The Morgan fingerprint density at radius 1 is 0.947 bits per heavy atom. The summed E-state index contributed by atoms with van der Waals surface area (Å²) in [5.74, 6) is 5.73. The number of hydrogen-bond acceptors (Lipinski definition) is 2. The summed E-state index contributed by atoms with van der Waals surface area (Å²) in [5, 5.41) is 0. The van der Waals surface area contributed by atoms with E-state index < -0.39 is 0 Å². The molecule has 0 bridgehead atoms. The topological polar surface area (TPSA) is 38.0 Å². The van der Waals surface area contributed by atoms with E-state index in [1.807, 2.05) is 0 Å². The van der Waals surface area contributed by atoms with Crippen LogP contribution in [0.25, 0.3) is 0 Å². The molecule has 0 heterocycles. The molecule has 2 aromatic carbocycles. The van der Waals surface area contributed by atoms with Crippen molar-refractivity contribution in [3.63, 3.8) is 0 Å².